The molecule has 7 nitrogen and oxygen atoms in total. The summed E-state index contributed by atoms with van der Waals surface area (Å²) in [5.74, 6) is 0.569. The van der Waals surface area contributed by atoms with Crippen LogP contribution in [-0.4, -0.2) is 40.8 Å². The number of benzene rings is 1. The Balaban J connectivity index is 1.86. The lowest BCUT2D eigenvalue weighted by atomic mass is 10.1. The largest absolute Gasteiger partial charge is 0.388 e. The number of anilines is 2. The maximum Gasteiger partial charge on any atom is 0.264 e. The Labute approximate surface area is 151 Å². The first-order chi connectivity index (χ1) is 12.7. The van der Waals surface area contributed by atoms with Gasteiger partial charge < -0.3 is 19.9 Å². The topological polar surface area (TPSA) is 81.1 Å². The van der Waals surface area contributed by atoms with Crippen LogP contribution in [0.2, 0.25) is 0 Å². The van der Waals surface area contributed by atoms with E-state index in [1.54, 1.807) is 13.4 Å². The Morgan fingerprint density at radius 3 is 2.77 bits per heavy atom. The van der Waals surface area contributed by atoms with E-state index in [1.807, 2.05) is 37.4 Å². The van der Waals surface area contributed by atoms with E-state index in [0.29, 0.717) is 23.3 Å². The molecule has 0 spiro atoms. The highest BCUT2D eigenvalue weighted by Crippen LogP contribution is 2.27. The molecule has 4 rings (SSSR count). The van der Waals surface area contributed by atoms with Crippen LogP contribution in [0.3, 0.4) is 0 Å². The first-order valence-electron chi connectivity index (χ1n) is 8.64. The number of hydrogen-bond donors (Lipinski definition) is 2. The summed E-state index contributed by atoms with van der Waals surface area (Å²) >= 11 is 0. The fourth-order valence-corrected chi connectivity index (χ4v) is 3.12. The second-order valence-corrected chi connectivity index (χ2v) is 6.44. The molecule has 1 unspecified atom stereocenters. The van der Waals surface area contributed by atoms with Crippen molar-refractivity contribution in [2.75, 3.05) is 30.9 Å². The third-order valence-electron chi connectivity index (χ3n) is 4.64. The Morgan fingerprint density at radius 1 is 1.27 bits per heavy atom. The van der Waals surface area contributed by atoms with Crippen LogP contribution in [-0.2, 0) is 11.8 Å². The Morgan fingerprint density at radius 2 is 2.08 bits per heavy atom. The van der Waals surface area contributed by atoms with Gasteiger partial charge in [-0.05, 0) is 24.6 Å². The zero-order valence-corrected chi connectivity index (χ0v) is 14.8. The van der Waals surface area contributed by atoms with Crippen LogP contribution >= 0.6 is 0 Å². The van der Waals surface area contributed by atoms with Crippen molar-refractivity contribution in [2.24, 2.45) is 7.05 Å². The molecule has 1 aliphatic rings. The molecule has 0 radical (unpaired) electrons. The smallest absolute Gasteiger partial charge is 0.264 e. The van der Waals surface area contributed by atoms with Crippen LogP contribution in [0.25, 0.3) is 22.2 Å². The highest BCUT2D eigenvalue weighted by Gasteiger charge is 2.19. The zero-order chi connectivity index (χ0) is 18.1. The third kappa shape index (κ3) is 3.01. The van der Waals surface area contributed by atoms with Gasteiger partial charge in [0, 0.05) is 32.0 Å². The molecule has 1 aliphatic heterocycles. The van der Waals surface area contributed by atoms with Gasteiger partial charge in [-0.25, -0.2) is 9.97 Å². The van der Waals surface area contributed by atoms with Gasteiger partial charge >= 0.3 is 0 Å². The van der Waals surface area contributed by atoms with E-state index in [2.05, 4.69) is 15.6 Å². The molecule has 2 N–H and O–H groups in total. The summed E-state index contributed by atoms with van der Waals surface area (Å²) in [6.45, 7) is 1.34. The monoisotopic (exact) mass is 351 g/mol. The van der Waals surface area contributed by atoms with Gasteiger partial charge in [0.1, 0.15) is 11.2 Å². The Bertz CT molecular complexity index is 991. The van der Waals surface area contributed by atoms with Crippen molar-refractivity contribution >= 4 is 22.4 Å². The number of fused-ring (bicyclic) bond motifs is 1. The summed E-state index contributed by atoms with van der Waals surface area (Å²) in [5.41, 5.74) is 3.31. The van der Waals surface area contributed by atoms with Gasteiger partial charge in [-0.2, -0.15) is 0 Å². The summed E-state index contributed by atoms with van der Waals surface area (Å²) in [6.07, 6.45) is 2.44. The molecule has 0 bridgehead atoms. The predicted octanol–water partition coefficient (Wildman–Crippen LogP) is 2.24. The lowest BCUT2D eigenvalue weighted by molar-refractivity contribution is 0.195. The number of aromatic nitrogens is 3. The number of hydrogen-bond acceptors (Lipinski definition) is 6. The van der Waals surface area contributed by atoms with E-state index >= 15 is 0 Å². The lowest BCUT2D eigenvalue weighted by Crippen LogP contribution is -2.24. The van der Waals surface area contributed by atoms with E-state index in [9.17, 15) is 4.79 Å². The molecule has 1 saturated heterocycles. The zero-order valence-electron chi connectivity index (χ0n) is 14.8. The molecule has 3 aromatic rings. The van der Waals surface area contributed by atoms with Crippen LogP contribution in [0.4, 0.5) is 11.5 Å². The fraction of sp³-hybridized carbons (Fsp3) is 0.316. The van der Waals surface area contributed by atoms with E-state index < -0.39 is 0 Å². The Kier molecular flexibility index (Phi) is 4.30. The second kappa shape index (κ2) is 6.76. The van der Waals surface area contributed by atoms with Crippen LogP contribution in [0.1, 0.15) is 6.42 Å². The van der Waals surface area contributed by atoms with Crippen LogP contribution in [0.5, 0.6) is 0 Å². The van der Waals surface area contributed by atoms with E-state index in [1.165, 1.54) is 4.57 Å². The van der Waals surface area contributed by atoms with Gasteiger partial charge in [-0.15, -0.1) is 0 Å². The Hall–Kier alpha value is -2.93. The van der Waals surface area contributed by atoms with E-state index in [0.717, 1.165) is 30.0 Å². The average Bonchev–Trinajstić information content (AvgIpc) is 3.17. The van der Waals surface area contributed by atoms with Crippen molar-refractivity contribution in [1.82, 2.24) is 14.5 Å². The molecule has 0 amide bonds. The van der Waals surface area contributed by atoms with Crippen molar-refractivity contribution in [3.63, 3.8) is 0 Å². The SMILES string of the molecule is CNc1ccc(-c2cc3ncn(C)c(=O)c3c(NC3CCOC3)n2)cc1. The molecule has 26 heavy (non-hydrogen) atoms. The van der Waals surface area contributed by atoms with Crippen molar-refractivity contribution < 1.29 is 4.74 Å². The summed E-state index contributed by atoms with van der Waals surface area (Å²) in [6, 6.07) is 10.0. The first-order valence-corrected chi connectivity index (χ1v) is 8.64. The number of rotatable bonds is 4. The van der Waals surface area contributed by atoms with Crippen molar-refractivity contribution in [2.45, 2.75) is 12.5 Å². The summed E-state index contributed by atoms with van der Waals surface area (Å²) < 4.78 is 6.91. The predicted molar refractivity (Wildman–Crippen MR) is 103 cm³/mol. The molecule has 134 valence electrons. The van der Waals surface area contributed by atoms with Gasteiger partial charge in [0.15, 0.2) is 0 Å². The maximum atomic E-state index is 12.7. The molecule has 0 saturated carbocycles. The number of aryl methyl sites for hydroxylation is 1. The average molecular weight is 351 g/mol. The minimum Gasteiger partial charge on any atom is -0.388 e. The van der Waals surface area contributed by atoms with Crippen molar-refractivity contribution in [3.8, 4) is 11.3 Å². The molecule has 1 atom stereocenters. The molecule has 2 aromatic heterocycles. The number of nitrogens with one attached hydrogen (secondary N) is 2. The molecule has 0 aliphatic carbocycles. The van der Waals surface area contributed by atoms with Gasteiger partial charge in [-0.3, -0.25) is 4.79 Å². The van der Waals surface area contributed by atoms with Crippen LogP contribution in [0.15, 0.2) is 41.5 Å². The second-order valence-electron chi connectivity index (χ2n) is 6.44. The highest BCUT2D eigenvalue weighted by molar-refractivity contribution is 5.91. The van der Waals surface area contributed by atoms with Gasteiger partial charge in [0.2, 0.25) is 0 Å². The van der Waals surface area contributed by atoms with Crippen LogP contribution in [0, 0.1) is 0 Å². The minimum absolute atomic E-state index is 0.110. The summed E-state index contributed by atoms with van der Waals surface area (Å²) in [5, 5.41) is 7.00. The maximum absolute atomic E-state index is 12.7. The minimum atomic E-state index is -0.110. The normalized spacial score (nSPS) is 16.8. The quantitative estimate of drug-likeness (QED) is 0.750. The summed E-state index contributed by atoms with van der Waals surface area (Å²) in [7, 11) is 3.58. The number of pyridine rings is 1. The van der Waals surface area contributed by atoms with Gasteiger partial charge in [0.05, 0.1) is 30.2 Å². The third-order valence-corrected chi connectivity index (χ3v) is 4.64. The standard InChI is InChI=1S/C19H21N5O2/c1-20-13-5-3-12(4-6-13)15-9-16-17(19(25)24(2)11-21-16)18(23-15)22-14-7-8-26-10-14/h3-6,9,11,14,20H,7-8,10H2,1-2H3,(H,22,23). The van der Waals surface area contributed by atoms with E-state index in [-0.39, 0.29) is 11.6 Å². The fourth-order valence-electron chi connectivity index (χ4n) is 3.12. The van der Waals surface area contributed by atoms with E-state index in [4.69, 9.17) is 9.72 Å². The molecule has 1 fully saturated rings. The molecular formula is C19H21N5O2. The van der Waals surface area contributed by atoms with Gasteiger partial charge in [-0.1, -0.05) is 12.1 Å². The number of ether oxygens (including phenoxy) is 1. The molecule has 7 heteroatoms. The molecule has 3 heterocycles. The van der Waals surface area contributed by atoms with Gasteiger partial charge in [0.25, 0.3) is 5.56 Å². The first kappa shape index (κ1) is 16.5. The van der Waals surface area contributed by atoms with Crippen molar-refractivity contribution in [3.05, 3.63) is 47.0 Å². The molecular weight excluding hydrogens is 330 g/mol. The van der Waals surface area contributed by atoms with Crippen molar-refractivity contribution in [1.29, 1.82) is 0 Å². The highest BCUT2D eigenvalue weighted by atomic mass is 16.5. The molecule has 1 aromatic carbocycles. The lowest BCUT2D eigenvalue weighted by Gasteiger charge is -2.15. The summed E-state index contributed by atoms with van der Waals surface area (Å²) in [4.78, 5) is 21.8. The number of nitrogens with zero attached hydrogens (tertiary/aromatic N) is 3. The van der Waals surface area contributed by atoms with Crippen LogP contribution < -0.4 is 16.2 Å².